The maximum absolute atomic E-state index is 12.8. The van der Waals surface area contributed by atoms with Crippen molar-refractivity contribution in [2.75, 3.05) is 7.11 Å². The van der Waals surface area contributed by atoms with Crippen LogP contribution in [0.4, 0.5) is 0 Å². The van der Waals surface area contributed by atoms with Crippen LogP contribution in [-0.4, -0.2) is 12.9 Å². The highest BCUT2D eigenvalue weighted by Crippen LogP contribution is 2.61. The Balaban J connectivity index is 1.57. The van der Waals surface area contributed by atoms with Crippen LogP contribution in [0.2, 0.25) is 0 Å². The molecule has 0 saturated heterocycles. The highest BCUT2D eigenvalue weighted by atomic mass is 16.5. The van der Waals surface area contributed by atoms with Gasteiger partial charge in [-0.05, 0) is 73.8 Å². The van der Waals surface area contributed by atoms with Crippen LogP contribution in [0.1, 0.15) is 55.3 Å². The molecule has 0 N–H and O–H groups in total. The number of Topliss-reactive ketones (excluding diaryl/α,β-unsaturated/α-hetero) is 1. The Morgan fingerprint density at radius 1 is 1.10 bits per heavy atom. The number of hydrogen-bond acceptors (Lipinski definition) is 2. The minimum Gasteiger partial charge on any atom is -0.496 e. The van der Waals surface area contributed by atoms with Crippen LogP contribution in [0.3, 0.4) is 0 Å². The third-order valence-electron chi connectivity index (χ3n) is 6.11. The number of benzene rings is 1. The van der Waals surface area contributed by atoms with E-state index in [1.54, 1.807) is 7.11 Å². The van der Waals surface area contributed by atoms with E-state index in [1.807, 2.05) is 24.3 Å². The lowest BCUT2D eigenvalue weighted by molar-refractivity contribution is -0.0524. The van der Waals surface area contributed by atoms with Gasteiger partial charge in [0, 0.05) is 6.42 Å². The molecule has 0 unspecified atom stereocenters. The maximum Gasteiger partial charge on any atom is 0.167 e. The van der Waals surface area contributed by atoms with Crippen molar-refractivity contribution in [3.8, 4) is 5.75 Å². The first-order chi connectivity index (χ1) is 10.2. The molecule has 4 aliphatic carbocycles. The second-order valence-corrected chi connectivity index (χ2v) is 7.72. The molecule has 4 bridgehead atoms. The first kappa shape index (κ1) is 13.4. The molecule has 4 fully saturated rings. The van der Waals surface area contributed by atoms with Crippen molar-refractivity contribution < 1.29 is 9.53 Å². The van der Waals surface area contributed by atoms with Gasteiger partial charge in [-0.25, -0.2) is 0 Å². The van der Waals surface area contributed by atoms with E-state index in [1.165, 1.54) is 38.5 Å². The van der Waals surface area contributed by atoms with Gasteiger partial charge in [-0.3, -0.25) is 4.79 Å². The fraction of sp³-hybridized carbons (Fsp3) is 0.632. The van der Waals surface area contributed by atoms with E-state index in [0.717, 1.165) is 35.5 Å². The third kappa shape index (κ3) is 2.29. The van der Waals surface area contributed by atoms with Gasteiger partial charge < -0.3 is 4.74 Å². The standard InChI is InChI=1S/C19H24O2/c1-21-18-5-3-2-4-16(18)17(20)12-19-9-13-6-14(10-19)8-15(7-13)11-19/h2-5,13-15H,6-12H2,1H3. The summed E-state index contributed by atoms with van der Waals surface area (Å²) in [6.07, 6.45) is 8.91. The van der Waals surface area contributed by atoms with Crippen molar-refractivity contribution in [3.05, 3.63) is 29.8 Å². The van der Waals surface area contributed by atoms with Crippen molar-refractivity contribution in [3.63, 3.8) is 0 Å². The van der Waals surface area contributed by atoms with Gasteiger partial charge in [-0.15, -0.1) is 0 Å². The zero-order chi connectivity index (χ0) is 14.4. The van der Waals surface area contributed by atoms with Crippen molar-refractivity contribution in [1.29, 1.82) is 0 Å². The molecule has 1 aromatic carbocycles. The summed E-state index contributed by atoms with van der Waals surface area (Å²) < 4.78 is 5.37. The Kier molecular flexibility index (Phi) is 3.09. The Hall–Kier alpha value is -1.31. The monoisotopic (exact) mass is 284 g/mol. The van der Waals surface area contributed by atoms with Gasteiger partial charge in [0.2, 0.25) is 0 Å². The van der Waals surface area contributed by atoms with E-state index >= 15 is 0 Å². The van der Waals surface area contributed by atoms with Gasteiger partial charge >= 0.3 is 0 Å². The largest absolute Gasteiger partial charge is 0.496 e. The number of rotatable bonds is 4. The van der Waals surface area contributed by atoms with Crippen LogP contribution >= 0.6 is 0 Å². The average molecular weight is 284 g/mol. The molecule has 21 heavy (non-hydrogen) atoms. The number of para-hydroxylation sites is 1. The predicted molar refractivity (Wildman–Crippen MR) is 82.5 cm³/mol. The molecule has 0 atom stereocenters. The quantitative estimate of drug-likeness (QED) is 0.762. The maximum atomic E-state index is 12.8. The summed E-state index contributed by atoms with van der Waals surface area (Å²) in [5.74, 6) is 3.73. The van der Waals surface area contributed by atoms with Gasteiger partial charge in [0.25, 0.3) is 0 Å². The van der Waals surface area contributed by atoms with Crippen LogP contribution in [0, 0.1) is 23.2 Å². The van der Waals surface area contributed by atoms with Gasteiger partial charge in [-0.2, -0.15) is 0 Å². The lowest BCUT2D eigenvalue weighted by atomic mass is 9.48. The topological polar surface area (TPSA) is 26.3 Å². The highest BCUT2D eigenvalue weighted by molar-refractivity contribution is 5.99. The molecule has 1 aromatic rings. The Bertz CT molecular complexity index is 525. The van der Waals surface area contributed by atoms with Crippen molar-refractivity contribution in [2.45, 2.75) is 44.9 Å². The van der Waals surface area contributed by atoms with E-state index in [0.29, 0.717) is 5.41 Å². The molecule has 0 radical (unpaired) electrons. The van der Waals surface area contributed by atoms with E-state index < -0.39 is 0 Å². The van der Waals surface area contributed by atoms with Gasteiger partial charge in [0.1, 0.15) is 5.75 Å². The molecule has 112 valence electrons. The molecule has 4 saturated carbocycles. The average Bonchev–Trinajstić information content (AvgIpc) is 2.45. The summed E-state index contributed by atoms with van der Waals surface area (Å²) in [6.45, 7) is 0. The molecule has 2 nitrogen and oxygen atoms in total. The summed E-state index contributed by atoms with van der Waals surface area (Å²) in [7, 11) is 1.65. The van der Waals surface area contributed by atoms with Crippen molar-refractivity contribution in [2.24, 2.45) is 23.2 Å². The van der Waals surface area contributed by atoms with E-state index in [4.69, 9.17) is 4.74 Å². The van der Waals surface area contributed by atoms with Crippen molar-refractivity contribution >= 4 is 5.78 Å². The van der Waals surface area contributed by atoms with E-state index in [9.17, 15) is 4.79 Å². The molecule has 2 heteroatoms. The molecule has 0 aliphatic heterocycles. The number of methoxy groups -OCH3 is 1. The summed E-state index contributed by atoms with van der Waals surface area (Å²) in [5.41, 5.74) is 1.09. The first-order valence-corrected chi connectivity index (χ1v) is 8.34. The van der Waals surface area contributed by atoms with E-state index in [-0.39, 0.29) is 5.78 Å². The normalized spacial score (nSPS) is 36.7. The first-order valence-electron chi connectivity index (χ1n) is 8.34. The molecule has 0 aromatic heterocycles. The smallest absolute Gasteiger partial charge is 0.167 e. The molecular weight excluding hydrogens is 260 g/mol. The molecule has 4 aliphatic rings. The summed E-state index contributed by atoms with van der Waals surface area (Å²) in [4.78, 5) is 12.8. The molecule has 0 spiro atoms. The lowest BCUT2D eigenvalue weighted by Crippen LogP contribution is -2.46. The second kappa shape index (κ2) is 4.86. The van der Waals surface area contributed by atoms with Gasteiger partial charge in [0.15, 0.2) is 5.78 Å². The number of ketones is 1. The van der Waals surface area contributed by atoms with Gasteiger partial charge in [-0.1, -0.05) is 12.1 Å². The van der Waals surface area contributed by atoms with Crippen molar-refractivity contribution in [1.82, 2.24) is 0 Å². The highest BCUT2D eigenvalue weighted by Gasteiger charge is 2.51. The Labute approximate surface area is 126 Å². The number of ether oxygens (including phenoxy) is 1. The zero-order valence-corrected chi connectivity index (χ0v) is 12.8. The third-order valence-corrected chi connectivity index (χ3v) is 6.11. The lowest BCUT2D eigenvalue weighted by Gasteiger charge is -2.56. The zero-order valence-electron chi connectivity index (χ0n) is 12.8. The van der Waals surface area contributed by atoms with Crippen LogP contribution in [0.15, 0.2) is 24.3 Å². The molecule has 0 heterocycles. The fourth-order valence-electron chi connectivity index (χ4n) is 5.82. The Morgan fingerprint density at radius 3 is 2.24 bits per heavy atom. The minimum atomic E-state index is 0.286. The minimum absolute atomic E-state index is 0.286. The van der Waals surface area contributed by atoms with Crippen LogP contribution in [-0.2, 0) is 0 Å². The number of hydrogen-bond donors (Lipinski definition) is 0. The Morgan fingerprint density at radius 2 is 1.67 bits per heavy atom. The van der Waals surface area contributed by atoms with Crippen LogP contribution < -0.4 is 4.74 Å². The van der Waals surface area contributed by atoms with E-state index in [2.05, 4.69) is 0 Å². The second-order valence-electron chi connectivity index (χ2n) is 7.72. The summed E-state index contributed by atoms with van der Waals surface area (Å²) in [5, 5.41) is 0. The number of carbonyl (C=O) groups is 1. The molecule has 5 rings (SSSR count). The van der Waals surface area contributed by atoms with Crippen LogP contribution in [0.5, 0.6) is 5.75 Å². The SMILES string of the molecule is COc1ccccc1C(=O)CC12CC3CC(CC(C3)C1)C2. The number of carbonyl (C=O) groups excluding carboxylic acids is 1. The predicted octanol–water partition coefficient (Wildman–Crippen LogP) is 4.48. The van der Waals surface area contributed by atoms with Crippen LogP contribution in [0.25, 0.3) is 0 Å². The molecular formula is C19H24O2. The fourth-order valence-corrected chi connectivity index (χ4v) is 5.82. The molecule has 0 amide bonds. The summed E-state index contributed by atoms with van der Waals surface area (Å²) >= 11 is 0. The summed E-state index contributed by atoms with van der Waals surface area (Å²) in [6, 6.07) is 7.68. The van der Waals surface area contributed by atoms with Gasteiger partial charge in [0.05, 0.1) is 12.7 Å².